The highest BCUT2D eigenvalue weighted by Crippen LogP contribution is 2.22. The molecule has 0 saturated carbocycles. The first-order chi connectivity index (χ1) is 13.8. The van der Waals surface area contributed by atoms with Crippen LogP contribution in [-0.2, 0) is 16.6 Å². The summed E-state index contributed by atoms with van der Waals surface area (Å²) in [6.45, 7) is 0.0813. The topological polar surface area (TPSA) is 66.5 Å². The molecule has 1 amide bonds. The number of rotatable bonds is 6. The lowest BCUT2D eigenvalue weighted by Crippen LogP contribution is -2.27. The second-order valence-corrected chi connectivity index (χ2v) is 9.28. The minimum atomic E-state index is -4.13. The molecule has 3 rings (SSSR count). The number of hydrogen-bond donors (Lipinski definition) is 1. The molecule has 0 aliphatic heterocycles. The number of anilines is 1. The summed E-state index contributed by atoms with van der Waals surface area (Å²) >= 11 is 3.31. The van der Waals surface area contributed by atoms with Gasteiger partial charge in [0.1, 0.15) is 10.7 Å². The Balaban J connectivity index is 1.85. The largest absolute Gasteiger partial charge is 0.322 e. The molecule has 0 unspecified atom stereocenters. The molecule has 0 fully saturated rings. The third kappa shape index (κ3) is 5.09. The van der Waals surface area contributed by atoms with Crippen LogP contribution >= 0.6 is 15.9 Å². The van der Waals surface area contributed by atoms with Gasteiger partial charge in [-0.1, -0.05) is 46.3 Å². The van der Waals surface area contributed by atoms with E-state index in [1.54, 1.807) is 48.5 Å². The molecule has 29 heavy (non-hydrogen) atoms. The molecule has 150 valence electrons. The molecule has 0 radical (unpaired) electrons. The summed E-state index contributed by atoms with van der Waals surface area (Å²) in [5.74, 6) is -1.44. The molecule has 0 spiro atoms. The van der Waals surface area contributed by atoms with Gasteiger partial charge in [-0.3, -0.25) is 4.79 Å². The molecule has 0 aliphatic rings. The molecule has 1 N–H and O–H groups in total. The van der Waals surface area contributed by atoms with E-state index >= 15 is 0 Å². The smallest absolute Gasteiger partial charge is 0.255 e. The fourth-order valence-corrected chi connectivity index (χ4v) is 4.18. The fourth-order valence-electron chi connectivity index (χ4n) is 2.67. The molecule has 0 aromatic heterocycles. The van der Waals surface area contributed by atoms with Crippen LogP contribution in [0.15, 0.2) is 82.2 Å². The third-order valence-electron chi connectivity index (χ3n) is 4.23. The summed E-state index contributed by atoms with van der Waals surface area (Å²) < 4.78 is 42.0. The zero-order valence-electron chi connectivity index (χ0n) is 15.5. The van der Waals surface area contributed by atoms with Crippen LogP contribution in [0.4, 0.5) is 10.1 Å². The van der Waals surface area contributed by atoms with Gasteiger partial charge in [0, 0.05) is 29.3 Å². The van der Waals surface area contributed by atoms with Gasteiger partial charge in [-0.25, -0.2) is 12.8 Å². The highest BCUT2D eigenvalue weighted by molar-refractivity contribution is 9.10. The SMILES string of the molecule is CN(Cc1ccccc1)S(=O)(=O)c1cc(C(=O)Nc2ccc(Br)cc2)ccc1F. The Labute approximate surface area is 177 Å². The van der Waals surface area contributed by atoms with E-state index in [1.165, 1.54) is 13.1 Å². The second kappa shape index (κ2) is 8.86. The van der Waals surface area contributed by atoms with Crippen molar-refractivity contribution in [3.8, 4) is 0 Å². The van der Waals surface area contributed by atoms with Crippen LogP contribution < -0.4 is 5.32 Å². The Bertz CT molecular complexity index is 1120. The monoisotopic (exact) mass is 476 g/mol. The zero-order valence-corrected chi connectivity index (χ0v) is 17.9. The van der Waals surface area contributed by atoms with Crippen molar-refractivity contribution in [2.75, 3.05) is 12.4 Å². The first-order valence-electron chi connectivity index (χ1n) is 8.64. The van der Waals surface area contributed by atoms with Gasteiger partial charge < -0.3 is 5.32 Å². The Hall–Kier alpha value is -2.55. The highest BCUT2D eigenvalue weighted by atomic mass is 79.9. The summed E-state index contributed by atoms with van der Waals surface area (Å²) in [5.41, 5.74) is 1.34. The van der Waals surface area contributed by atoms with E-state index in [1.807, 2.05) is 6.07 Å². The molecule has 8 heteroatoms. The summed E-state index contributed by atoms with van der Waals surface area (Å²) in [6, 6.07) is 19.2. The van der Waals surface area contributed by atoms with Crippen molar-refractivity contribution in [2.45, 2.75) is 11.4 Å². The van der Waals surface area contributed by atoms with Crippen LogP contribution in [0.25, 0.3) is 0 Å². The maximum Gasteiger partial charge on any atom is 0.255 e. The van der Waals surface area contributed by atoms with Crippen molar-refractivity contribution in [2.24, 2.45) is 0 Å². The number of halogens is 2. The van der Waals surface area contributed by atoms with E-state index in [0.717, 1.165) is 26.5 Å². The number of amides is 1. The van der Waals surface area contributed by atoms with Crippen LogP contribution in [0.5, 0.6) is 0 Å². The third-order valence-corrected chi connectivity index (χ3v) is 6.58. The second-order valence-electron chi connectivity index (χ2n) is 6.35. The average Bonchev–Trinajstić information content (AvgIpc) is 2.70. The maximum atomic E-state index is 14.4. The molecule has 3 aromatic rings. The summed E-state index contributed by atoms with van der Waals surface area (Å²) in [7, 11) is -2.76. The van der Waals surface area contributed by atoms with Gasteiger partial charge in [-0.2, -0.15) is 4.31 Å². The lowest BCUT2D eigenvalue weighted by molar-refractivity contribution is 0.102. The van der Waals surface area contributed by atoms with E-state index in [9.17, 15) is 17.6 Å². The predicted molar refractivity (Wildman–Crippen MR) is 114 cm³/mol. The number of carbonyl (C=O) groups is 1. The molecular weight excluding hydrogens is 459 g/mol. The number of nitrogens with zero attached hydrogens (tertiary/aromatic N) is 1. The van der Waals surface area contributed by atoms with Crippen LogP contribution in [-0.4, -0.2) is 25.7 Å². The maximum absolute atomic E-state index is 14.4. The normalized spacial score (nSPS) is 11.4. The van der Waals surface area contributed by atoms with E-state index in [0.29, 0.717) is 5.69 Å². The van der Waals surface area contributed by atoms with Gasteiger partial charge in [0.05, 0.1) is 0 Å². The molecule has 0 heterocycles. The van der Waals surface area contributed by atoms with Crippen molar-refractivity contribution in [1.82, 2.24) is 4.31 Å². The number of carbonyl (C=O) groups excluding carboxylic acids is 1. The van der Waals surface area contributed by atoms with Crippen LogP contribution in [0.2, 0.25) is 0 Å². The lowest BCUT2D eigenvalue weighted by Gasteiger charge is -2.18. The van der Waals surface area contributed by atoms with Crippen molar-refractivity contribution >= 4 is 37.5 Å². The van der Waals surface area contributed by atoms with Crippen molar-refractivity contribution in [1.29, 1.82) is 0 Å². The molecule has 3 aromatic carbocycles. The molecular formula is C21H18BrFN2O3S. The molecule has 0 saturated heterocycles. The van der Waals surface area contributed by atoms with E-state index in [4.69, 9.17) is 0 Å². The Morgan fingerprint density at radius 2 is 1.69 bits per heavy atom. The van der Waals surface area contributed by atoms with E-state index < -0.39 is 26.6 Å². The highest BCUT2D eigenvalue weighted by Gasteiger charge is 2.26. The summed E-state index contributed by atoms with van der Waals surface area (Å²) in [5, 5.41) is 2.66. The van der Waals surface area contributed by atoms with Crippen molar-refractivity contribution in [3.05, 3.63) is 94.2 Å². The zero-order chi connectivity index (χ0) is 21.0. The molecule has 0 bridgehead atoms. The summed E-state index contributed by atoms with van der Waals surface area (Å²) in [4.78, 5) is 12.0. The van der Waals surface area contributed by atoms with Gasteiger partial charge in [-0.15, -0.1) is 0 Å². The van der Waals surface area contributed by atoms with Crippen LogP contribution in [0.1, 0.15) is 15.9 Å². The van der Waals surface area contributed by atoms with E-state index in [-0.39, 0.29) is 12.1 Å². The Morgan fingerprint density at radius 3 is 2.34 bits per heavy atom. The number of sulfonamides is 1. The van der Waals surface area contributed by atoms with Crippen LogP contribution in [0, 0.1) is 5.82 Å². The van der Waals surface area contributed by atoms with Gasteiger partial charge >= 0.3 is 0 Å². The van der Waals surface area contributed by atoms with Gasteiger partial charge in [0.15, 0.2) is 0 Å². The molecule has 5 nitrogen and oxygen atoms in total. The number of benzene rings is 3. The van der Waals surface area contributed by atoms with Crippen LogP contribution in [0.3, 0.4) is 0 Å². The van der Waals surface area contributed by atoms with Crippen molar-refractivity contribution in [3.63, 3.8) is 0 Å². The first kappa shape index (κ1) is 21.2. The van der Waals surface area contributed by atoms with Crippen molar-refractivity contribution < 1.29 is 17.6 Å². The minimum absolute atomic E-state index is 0.0426. The average molecular weight is 477 g/mol. The fraction of sp³-hybridized carbons (Fsp3) is 0.0952. The van der Waals surface area contributed by atoms with Gasteiger partial charge in [0.2, 0.25) is 10.0 Å². The van der Waals surface area contributed by atoms with Gasteiger partial charge in [0.25, 0.3) is 5.91 Å². The van der Waals surface area contributed by atoms with E-state index in [2.05, 4.69) is 21.2 Å². The standard InChI is InChI=1S/C21H18BrFN2O3S/c1-25(14-15-5-3-2-4-6-15)29(27,28)20-13-16(7-12-19(20)23)21(26)24-18-10-8-17(22)9-11-18/h2-13H,14H2,1H3,(H,24,26). The molecule has 0 atom stereocenters. The lowest BCUT2D eigenvalue weighted by atomic mass is 10.2. The predicted octanol–water partition coefficient (Wildman–Crippen LogP) is 4.66. The Morgan fingerprint density at radius 1 is 1.03 bits per heavy atom. The molecule has 0 aliphatic carbocycles. The number of hydrogen-bond acceptors (Lipinski definition) is 3. The quantitative estimate of drug-likeness (QED) is 0.562. The summed E-state index contributed by atoms with van der Waals surface area (Å²) in [6.07, 6.45) is 0. The Kier molecular flexibility index (Phi) is 6.46. The number of nitrogens with one attached hydrogen (secondary N) is 1. The minimum Gasteiger partial charge on any atom is -0.322 e. The van der Waals surface area contributed by atoms with Gasteiger partial charge in [-0.05, 0) is 48.0 Å². The first-order valence-corrected chi connectivity index (χ1v) is 10.9.